The van der Waals surface area contributed by atoms with E-state index in [9.17, 15) is 0 Å². The van der Waals surface area contributed by atoms with E-state index >= 15 is 0 Å². The Morgan fingerprint density at radius 1 is 1.42 bits per heavy atom. The Morgan fingerprint density at radius 3 is 2.33 bits per heavy atom. The summed E-state index contributed by atoms with van der Waals surface area (Å²) >= 11 is 0. The fraction of sp³-hybridized carbons (Fsp3) is 1.00. The van der Waals surface area contributed by atoms with Crippen LogP contribution < -0.4 is 11.1 Å². The molecule has 0 bridgehead atoms. The molecule has 0 saturated heterocycles. The van der Waals surface area contributed by atoms with E-state index < -0.39 is 0 Å². The van der Waals surface area contributed by atoms with Crippen molar-refractivity contribution in [3.05, 3.63) is 0 Å². The van der Waals surface area contributed by atoms with E-state index in [-0.39, 0.29) is 5.54 Å². The first kappa shape index (κ1) is 10.0. The van der Waals surface area contributed by atoms with Gasteiger partial charge in [-0.15, -0.1) is 0 Å². The number of hydrogen-bond acceptors (Lipinski definition) is 2. The van der Waals surface area contributed by atoms with E-state index in [1.54, 1.807) is 0 Å². The number of nitrogens with one attached hydrogen (secondary N) is 1. The summed E-state index contributed by atoms with van der Waals surface area (Å²) in [4.78, 5) is 0. The maximum absolute atomic E-state index is 5.88. The summed E-state index contributed by atoms with van der Waals surface area (Å²) in [6.07, 6.45) is 5.11. The van der Waals surface area contributed by atoms with E-state index in [0.717, 1.165) is 13.0 Å². The van der Waals surface area contributed by atoms with E-state index in [1.807, 2.05) is 0 Å². The molecule has 2 nitrogen and oxygen atoms in total. The molecule has 0 aromatic heterocycles. The summed E-state index contributed by atoms with van der Waals surface area (Å²) in [6.45, 7) is 7.52. The molecule has 1 saturated carbocycles. The number of rotatable bonds is 4. The first-order valence-corrected chi connectivity index (χ1v) is 4.95. The highest BCUT2D eigenvalue weighted by atomic mass is 15.0. The first-order chi connectivity index (χ1) is 5.41. The standard InChI is InChI=1S/C10H22N2/c1-9(2,11)7-8-12-10(3)5-4-6-10/h12H,4-8,11H2,1-3H3. The highest BCUT2D eigenvalue weighted by Crippen LogP contribution is 2.30. The summed E-state index contributed by atoms with van der Waals surface area (Å²) in [5.74, 6) is 0. The second kappa shape index (κ2) is 3.35. The third-order valence-corrected chi connectivity index (χ3v) is 2.78. The summed E-state index contributed by atoms with van der Waals surface area (Å²) in [5.41, 5.74) is 6.30. The molecule has 0 aromatic rings. The average molecular weight is 170 g/mol. The lowest BCUT2D eigenvalue weighted by Crippen LogP contribution is -2.50. The first-order valence-electron chi connectivity index (χ1n) is 4.95. The Hall–Kier alpha value is -0.0800. The van der Waals surface area contributed by atoms with Crippen LogP contribution in [0.25, 0.3) is 0 Å². The zero-order valence-corrected chi connectivity index (χ0v) is 8.61. The van der Waals surface area contributed by atoms with Crippen molar-refractivity contribution in [1.29, 1.82) is 0 Å². The molecular weight excluding hydrogens is 148 g/mol. The van der Waals surface area contributed by atoms with Crippen molar-refractivity contribution < 1.29 is 0 Å². The minimum atomic E-state index is -0.0207. The van der Waals surface area contributed by atoms with E-state index in [1.165, 1.54) is 19.3 Å². The molecule has 1 aliphatic carbocycles. The highest BCUT2D eigenvalue weighted by Gasteiger charge is 2.30. The lowest BCUT2D eigenvalue weighted by molar-refractivity contribution is 0.204. The molecule has 1 rings (SSSR count). The van der Waals surface area contributed by atoms with Gasteiger partial charge in [-0.1, -0.05) is 0 Å². The quantitative estimate of drug-likeness (QED) is 0.673. The average Bonchev–Trinajstić information content (AvgIpc) is 1.81. The smallest absolute Gasteiger partial charge is 0.0153 e. The Labute approximate surface area is 75.9 Å². The van der Waals surface area contributed by atoms with Crippen LogP contribution in [0.15, 0.2) is 0 Å². The maximum atomic E-state index is 5.88. The molecule has 0 spiro atoms. The third-order valence-electron chi connectivity index (χ3n) is 2.78. The van der Waals surface area contributed by atoms with Gasteiger partial charge < -0.3 is 11.1 Å². The molecule has 2 heteroatoms. The van der Waals surface area contributed by atoms with Gasteiger partial charge >= 0.3 is 0 Å². The zero-order valence-electron chi connectivity index (χ0n) is 8.61. The molecule has 0 amide bonds. The van der Waals surface area contributed by atoms with E-state index in [2.05, 4.69) is 26.1 Å². The van der Waals surface area contributed by atoms with Crippen LogP contribution in [-0.2, 0) is 0 Å². The van der Waals surface area contributed by atoms with Gasteiger partial charge in [0.25, 0.3) is 0 Å². The Bertz CT molecular complexity index is 142. The van der Waals surface area contributed by atoms with Crippen molar-refractivity contribution in [3.63, 3.8) is 0 Å². The number of hydrogen-bond donors (Lipinski definition) is 2. The summed E-state index contributed by atoms with van der Waals surface area (Å²) in [6, 6.07) is 0. The Morgan fingerprint density at radius 2 is 2.00 bits per heavy atom. The van der Waals surface area contributed by atoms with Gasteiger partial charge in [0.1, 0.15) is 0 Å². The molecule has 1 aliphatic rings. The van der Waals surface area contributed by atoms with Gasteiger partial charge in [0.2, 0.25) is 0 Å². The predicted octanol–water partition coefficient (Wildman–Crippen LogP) is 1.65. The van der Waals surface area contributed by atoms with Gasteiger partial charge in [-0.05, 0) is 53.0 Å². The van der Waals surface area contributed by atoms with Crippen LogP contribution in [0.4, 0.5) is 0 Å². The van der Waals surface area contributed by atoms with Crippen molar-refractivity contribution in [1.82, 2.24) is 5.32 Å². The van der Waals surface area contributed by atoms with Gasteiger partial charge in [0, 0.05) is 11.1 Å². The van der Waals surface area contributed by atoms with Gasteiger partial charge in [-0.3, -0.25) is 0 Å². The fourth-order valence-electron chi connectivity index (χ4n) is 1.57. The Kier molecular flexibility index (Phi) is 2.79. The van der Waals surface area contributed by atoms with E-state index in [4.69, 9.17) is 5.73 Å². The zero-order chi connectivity index (χ0) is 9.24. The van der Waals surface area contributed by atoms with Crippen LogP contribution in [0.2, 0.25) is 0 Å². The monoisotopic (exact) mass is 170 g/mol. The number of nitrogens with two attached hydrogens (primary N) is 1. The highest BCUT2D eigenvalue weighted by molar-refractivity contribution is 4.91. The molecule has 3 N–H and O–H groups in total. The molecule has 0 aliphatic heterocycles. The van der Waals surface area contributed by atoms with Crippen LogP contribution in [0.1, 0.15) is 46.5 Å². The molecule has 0 atom stereocenters. The predicted molar refractivity (Wildman–Crippen MR) is 53.1 cm³/mol. The lowest BCUT2D eigenvalue weighted by Gasteiger charge is -2.40. The largest absolute Gasteiger partial charge is 0.326 e. The van der Waals surface area contributed by atoms with E-state index in [0.29, 0.717) is 5.54 Å². The fourth-order valence-corrected chi connectivity index (χ4v) is 1.57. The van der Waals surface area contributed by atoms with Crippen LogP contribution in [0.5, 0.6) is 0 Å². The van der Waals surface area contributed by atoms with Crippen molar-refractivity contribution in [3.8, 4) is 0 Å². The van der Waals surface area contributed by atoms with Gasteiger partial charge in [0.05, 0.1) is 0 Å². The second-order valence-corrected chi connectivity index (χ2v) is 5.08. The molecule has 0 aromatic carbocycles. The minimum Gasteiger partial charge on any atom is -0.326 e. The van der Waals surface area contributed by atoms with Crippen molar-refractivity contribution in [2.45, 2.75) is 57.5 Å². The SMILES string of the molecule is CC(C)(N)CCNC1(C)CCC1. The second-order valence-electron chi connectivity index (χ2n) is 5.08. The molecule has 1 fully saturated rings. The van der Waals surface area contributed by atoms with Gasteiger partial charge in [-0.25, -0.2) is 0 Å². The van der Waals surface area contributed by atoms with Gasteiger partial charge in [-0.2, -0.15) is 0 Å². The lowest BCUT2D eigenvalue weighted by atomic mass is 9.78. The van der Waals surface area contributed by atoms with Crippen molar-refractivity contribution in [2.24, 2.45) is 5.73 Å². The molecule has 0 unspecified atom stereocenters. The molecule has 12 heavy (non-hydrogen) atoms. The normalized spacial score (nSPS) is 22.0. The van der Waals surface area contributed by atoms with Crippen LogP contribution in [0, 0.1) is 0 Å². The van der Waals surface area contributed by atoms with Crippen LogP contribution in [0.3, 0.4) is 0 Å². The summed E-state index contributed by atoms with van der Waals surface area (Å²) < 4.78 is 0. The maximum Gasteiger partial charge on any atom is 0.0153 e. The topological polar surface area (TPSA) is 38.0 Å². The van der Waals surface area contributed by atoms with Crippen LogP contribution >= 0.6 is 0 Å². The molecule has 0 heterocycles. The Balaban J connectivity index is 2.10. The van der Waals surface area contributed by atoms with Gasteiger partial charge in [0.15, 0.2) is 0 Å². The molecular formula is C10H22N2. The summed E-state index contributed by atoms with van der Waals surface area (Å²) in [5, 5.41) is 3.57. The van der Waals surface area contributed by atoms with Crippen molar-refractivity contribution >= 4 is 0 Å². The molecule has 0 radical (unpaired) electrons. The van der Waals surface area contributed by atoms with Crippen LogP contribution in [-0.4, -0.2) is 17.6 Å². The third kappa shape index (κ3) is 3.11. The summed E-state index contributed by atoms with van der Waals surface area (Å²) in [7, 11) is 0. The van der Waals surface area contributed by atoms with Crippen molar-refractivity contribution in [2.75, 3.05) is 6.54 Å². The minimum absolute atomic E-state index is 0.0207. The molecule has 72 valence electrons.